The number of hydrazine groups is 1. The van der Waals surface area contributed by atoms with Gasteiger partial charge in [0.1, 0.15) is 11.5 Å². The topological polar surface area (TPSA) is 76.7 Å². The molecule has 0 bridgehead atoms. The van der Waals surface area contributed by atoms with Gasteiger partial charge in [-0.2, -0.15) is 0 Å². The molecule has 0 heterocycles. The number of ether oxygens (including phenoxy) is 2. The summed E-state index contributed by atoms with van der Waals surface area (Å²) in [5.41, 5.74) is 5.89. The summed E-state index contributed by atoms with van der Waals surface area (Å²) in [6, 6.07) is 10.6. The molecule has 0 radical (unpaired) electrons. The highest BCUT2D eigenvalue weighted by molar-refractivity contribution is 9.10. The number of aryl methyl sites for hydroxylation is 1. The minimum atomic E-state index is -0.483. The van der Waals surface area contributed by atoms with Crippen molar-refractivity contribution in [3.8, 4) is 11.5 Å². The molecule has 0 aliphatic heterocycles. The number of hydrogen-bond acceptors (Lipinski definition) is 4. The molecular formula is C18H18Br2N2O4. The molecule has 2 rings (SSSR count). The van der Waals surface area contributed by atoms with E-state index in [4.69, 9.17) is 9.47 Å². The molecule has 138 valence electrons. The smallest absolute Gasteiger partial charge is 0.276 e. The van der Waals surface area contributed by atoms with E-state index in [1.807, 2.05) is 26.0 Å². The third kappa shape index (κ3) is 5.74. The fourth-order valence-corrected chi connectivity index (χ4v) is 2.95. The summed E-state index contributed by atoms with van der Waals surface area (Å²) in [6.45, 7) is 3.91. The standard InChI is InChI=1S/C18H18Br2N2O4/c1-3-25-16-7-5-13(20)9-14(16)18(24)22-21-17(23)10-26-15-6-4-12(19)8-11(15)2/h4-9H,3,10H2,1-2H3,(H,21,23)(H,22,24). The Morgan fingerprint density at radius 1 is 0.962 bits per heavy atom. The van der Waals surface area contributed by atoms with Gasteiger partial charge in [-0.25, -0.2) is 0 Å². The maximum absolute atomic E-state index is 12.3. The molecule has 6 nitrogen and oxygen atoms in total. The van der Waals surface area contributed by atoms with Crippen LogP contribution in [0.3, 0.4) is 0 Å². The van der Waals surface area contributed by atoms with Gasteiger partial charge in [0.25, 0.3) is 11.8 Å². The first-order chi connectivity index (χ1) is 12.4. The number of carbonyl (C=O) groups is 2. The number of halogens is 2. The first kappa shape index (κ1) is 20.3. The maximum atomic E-state index is 12.3. The van der Waals surface area contributed by atoms with E-state index < -0.39 is 11.8 Å². The quantitative estimate of drug-likeness (QED) is 0.611. The fourth-order valence-electron chi connectivity index (χ4n) is 2.11. The van der Waals surface area contributed by atoms with Crippen molar-refractivity contribution in [2.45, 2.75) is 13.8 Å². The van der Waals surface area contributed by atoms with Crippen molar-refractivity contribution < 1.29 is 19.1 Å². The van der Waals surface area contributed by atoms with E-state index in [9.17, 15) is 9.59 Å². The first-order valence-corrected chi connectivity index (χ1v) is 9.39. The Kier molecular flexibility index (Phi) is 7.47. The molecule has 2 aromatic rings. The zero-order valence-electron chi connectivity index (χ0n) is 14.3. The SMILES string of the molecule is CCOc1ccc(Br)cc1C(=O)NNC(=O)COc1ccc(Br)cc1C. The molecule has 0 spiro atoms. The number of benzene rings is 2. The highest BCUT2D eigenvalue weighted by Gasteiger charge is 2.14. The Labute approximate surface area is 168 Å². The molecule has 0 unspecified atom stereocenters. The second kappa shape index (κ2) is 9.59. The summed E-state index contributed by atoms with van der Waals surface area (Å²) >= 11 is 6.68. The number of carbonyl (C=O) groups excluding carboxylic acids is 2. The van der Waals surface area contributed by atoms with E-state index in [1.54, 1.807) is 24.3 Å². The average Bonchev–Trinajstić information content (AvgIpc) is 2.60. The van der Waals surface area contributed by atoms with E-state index in [-0.39, 0.29) is 6.61 Å². The largest absolute Gasteiger partial charge is 0.493 e. The van der Waals surface area contributed by atoms with Gasteiger partial charge in [0, 0.05) is 8.95 Å². The Morgan fingerprint density at radius 3 is 2.27 bits per heavy atom. The number of rotatable bonds is 6. The van der Waals surface area contributed by atoms with Gasteiger partial charge in [0.2, 0.25) is 0 Å². The monoisotopic (exact) mass is 484 g/mol. The summed E-state index contributed by atoms with van der Waals surface area (Å²) in [5.74, 6) is 0.0704. The van der Waals surface area contributed by atoms with Gasteiger partial charge >= 0.3 is 0 Å². The van der Waals surface area contributed by atoms with Gasteiger partial charge < -0.3 is 9.47 Å². The minimum absolute atomic E-state index is 0.223. The van der Waals surface area contributed by atoms with Crippen LogP contribution in [-0.2, 0) is 4.79 Å². The van der Waals surface area contributed by atoms with Crippen LogP contribution >= 0.6 is 31.9 Å². The molecule has 26 heavy (non-hydrogen) atoms. The maximum Gasteiger partial charge on any atom is 0.276 e. The molecular weight excluding hydrogens is 468 g/mol. The zero-order chi connectivity index (χ0) is 19.1. The summed E-state index contributed by atoms with van der Waals surface area (Å²) in [4.78, 5) is 24.2. The Bertz CT molecular complexity index is 812. The second-order valence-corrected chi connectivity index (χ2v) is 7.11. The van der Waals surface area contributed by atoms with E-state index in [2.05, 4.69) is 42.7 Å². The minimum Gasteiger partial charge on any atom is -0.493 e. The van der Waals surface area contributed by atoms with Crippen molar-refractivity contribution in [2.75, 3.05) is 13.2 Å². The van der Waals surface area contributed by atoms with Crippen molar-refractivity contribution in [1.82, 2.24) is 10.9 Å². The van der Waals surface area contributed by atoms with E-state index in [0.29, 0.717) is 23.7 Å². The second-order valence-electron chi connectivity index (χ2n) is 5.27. The normalized spacial score (nSPS) is 10.2. The number of nitrogens with one attached hydrogen (secondary N) is 2. The Balaban J connectivity index is 1.91. The lowest BCUT2D eigenvalue weighted by Gasteiger charge is -2.13. The molecule has 2 aromatic carbocycles. The summed E-state index contributed by atoms with van der Waals surface area (Å²) < 4.78 is 12.5. The van der Waals surface area contributed by atoms with E-state index in [1.165, 1.54) is 0 Å². The lowest BCUT2D eigenvalue weighted by Crippen LogP contribution is -2.44. The molecule has 2 amide bonds. The third-order valence-corrected chi connectivity index (χ3v) is 4.28. The van der Waals surface area contributed by atoms with Crippen LogP contribution in [0.1, 0.15) is 22.8 Å². The number of hydrogen-bond donors (Lipinski definition) is 2. The summed E-state index contributed by atoms with van der Waals surface area (Å²) in [7, 11) is 0. The molecule has 0 aromatic heterocycles. The predicted octanol–water partition coefficient (Wildman–Crippen LogP) is 3.76. The van der Waals surface area contributed by atoms with Crippen LogP contribution in [0.15, 0.2) is 45.3 Å². The van der Waals surface area contributed by atoms with Crippen LogP contribution < -0.4 is 20.3 Å². The predicted molar refractivity (Wildman–Crippen MR) is 105 cm³/mol. The number of amides is 2. The highest BCUT2D eigenvalue weighted by Crippen LogP contribution is 2.23. The van der Waals surface area contributed by atoms with Gasteiger partial charge in [-0.05, 0) is 55.8 Å². The zero-order valence-corrected chi connectivity index (χ0v) is 17.4. The van der Waals surface area contributed by atoms with Gasteiger partial charge in [0.15, 0.2) is 6.61 Å². The van der Waals surface area contributed by atoms with Crippen molar-refractivity contribution in [2.24, 2.45) is 0 Å². The average molecular weight is 486 g/mol. The molecule has 0 saturated heterocycles. The van der Waals surface area contributed by atoms with Crippen molar-refractivity contribution in [3.05, 3.63) is 56.5 Å². The van der Waals surface area contributed by atoms with Crippen LogP contribution in [0.25, 0.3) is 0 Å². The molecule has 8 heteroatoms. The highest BCUT2D eigenvalue weighted by atomic mass is 79.9. The van der Waals surface area contributed by atoms with E-state index >= 15 is 0 Å². The third-order valence-electron chi connectivity index (χ3n) is 3.30. The van der Waals surface area contributed by atoms with Gasteiger partial charge in [-0.3, -0.25) is 20.4 Å². The molecule has 2 N–H and O–H groups in total. The van der Waals surface area contributed by atoms with E-state index in [0.717, 1.165) is 14.5 Å². The summed E-state index contributed by atoms with van der Waals surface area (Å²) in [5, 5.41) is 0. The van der Waals surface area contributed by atoms with Crippen molar-refractivity contribution in [1.29, 1.82) is 0 Å². The van der Waals surface area contributed by atoms with Crippen LogP contribution in [0.5, 0.6) is 11.5 Å². The van der Waals surface area contributed by atoms with Crippen LogP contribution in [0.2, 0.25) is 0 Å². The van der Waals surface area contributed by atoms with Gasteiger partial charge in [-0.1, -0.05) is 31.9 Å². The van der Waals surface area contributed by atoms with Crippen molar-refractivity contribution >= 4 is 43.7 Å². The molecule has 0 atom stereocenters. The molecule has 0 aliphatic rings. The fraction of sp³-hybridized carbons (Fsp3) is 0.222. The van der Waals surface area contributed by atoms with Gasteiger partial charge in [-0.15, -0.1) is 0 Å². The molecule has 0 aliphatic carbocycles. The Hall–Kier alpha value is -2.06. The Morgan fingerprint density at radius 2 is 1.62 bits per heavy atom. The summed E-state index contributed by atoms with van der Waals surface area (Å²) in [6.07, 6.45) is 0. The molecule has 0 saturated carbocycles. The van der Waals surface area contributed by atoms with Crippen LogP contribution in [0, 0.1) is 6.92 Å². The van der Waals surface area contributed by atoms with Crippen molar-refractivity contribution in [3.63, 3.8) is 0 Å². The molecule has 0 fully saturated rings. The first-order valence-electron chi connectivity index (χ1n) is 7.81. The van der Waals surface area contributed by atoms with Crippen LogP contribution in [0.4, 0.5) is 0 Å². The van der Waals surface area contributed by atoms with Gasteiger partial charge in [0.05, 0.1) is 12.2 Å². The lowest BCUT2D eigenvalue weighted by molar-refractivity contribution is -0.123. The van der Waals surface area contributed by atoms with Crippen LogP contribution in [-0.4, -0.2) is 25.0 Å². The lowest BCUT2D eigenvalue weighted by atomic mass is 10.2.